The van der Waals surface area contributed by atoms with E-state index < -0.39 is 0 Å². The maximum atomic E-state index is 5.99. The van der Waals surface area contributed by atoms with Crippen molar-refractivity contribution >= 4 is 10.8 Å². The molecule has 1 atom stereocenters. The minimum atomic E-state index is -0.129. The normalized spacial score (nSPS) is 12.7. The first kappa shape index (κ1) is 10.9. The highest BCUT2D eigenvalue weighted by Gasteiger charge is 2.10. The third kappa shape index (κ3) is 1.75. The summed E-state index contributed by atoms with van der Waals surface area (Å²) in [6, 6.07) is 11.8. The van der Waals surface area contributed by atoms with Gasteiger partial charge in [-0.05, 0) is 17.0 Å². The van der Waals surface area contributed by atoms with Gasteiger partial charge in [0.1, 0.15) is 5.75 Å². The largest absolute Gasteiger partial charge is 0.496 e. The zero-order chi connectivity index (χ0) is 11.5. The fraction of sp³-hybridized carbons (Fsp3) is 0.231. The lowest BCUT2D eigenvalue weighted by molar-refractivity contribution is 0.419. The van der Waals surface area contributed by atoms with Crippen molar-refractivity contribution < 1.29 is 4.74 Å². The second-order valence-electron chi connectivity index (χ2n) is 3.74. The Morgan fingerprint density at radius 1 is 1.12 bits per heavy atom. The molecule has 0 saturated heterocycles. The molecular weight excluding hydrogens is 200 g/mol. The first-order valence-electron chi connectivity index (χ1n) is 5.29. The van der Waals surface area contributed by atoms with Crippen LogP contribution in [-0.2, 0) is 0 Å². The molecule has 0 fully saturated rings. The van der Waals surface area contributed by atoms with E-state index in [4.69, 9.17) is 16.2 Å². The highest BCUT2D eigenvalue weighted by Crippen LogP contribution is 2.30. The van der Waals surface area contributed by atoms with E-state index in [1.807, 2.05) is 36.4 Å². The summed E-state index contributed by atoms with van der Waals surface area (Å²) in [6.45, 7) is 0.441. The monoisotopic (exact) mass is 216 g/mol. The van der Waals surface area contributed by atoms with Gasteiger partial charge in [-0.3, -0.25) is 0 Å². The molecule has 4 N–H and O–H groups in total. The van der Waals surface area contributed by atoms with Gasteiger partial charge in [0.2, 0.25) is 0 Å². The number of nitrogens with two attached hydrogens (primary N) is 2. The Bertz CT molecular complexity index is 496. The molecule has 0 unspecified atom stereocenters. The molecule has 0 amide bonds. The summed E-state index contributed by atoms with van der Waals surface area (Å²) in [5.74, 6) is 0.864. The van der Waals surface area contributed by atoms with Crippen molar-refractivity contribution in [1.82, 2.24) is 0 Å². The fourth-order valence-electron chi connectivity index (χ4n) is 1.92. The van der Waals surface area contributed by atoms with Crippen LogP contribution in [0.15, 0.2) is 36.4 Å². The van der Waals surface area contributed by atoms with Crippen molar-refractivity contribution in [2.24, 2.45) is 11.5 Å². The third-order valence-electron chi connectivity index (χ3n) is 2.79. The molecule has 2 aromatic carbocycles. The van der Waals surface area contributed by atoms with Crippen molar-refractivity contribution in [3.63, 3.8) is 0 Å². The van der Waals surface area contributed by atoms with Crippen LogP contribution in [0.3, 0.4) is 0 Å². The van der Waals surface area contributed by atoms with Gasteiger partial charge in [0.15, 0.2) is 0 Å². The zero-order valence-corrected chi connectivity index (χ0v) is 9.31. The van der Waals surface area contributed by atoms with E-state index >= 15 is 0 Å². The summed E-state index contributed by atoms with van der Waals surface area (Å²) < 4.78 is 5.32. The van der Waals surface area contributed by atoms with Crippen LogP contribution in [0.1, 0.15) is 11.6 Å². The van der Waals surface area contributed by atoms with Crippen LogP contribution in [-0.4, -0.2) is 13.7 Å². The maximum absolute atomic E-state index is 5.99. The van der Waals surface area contributed by atoms with E-state index in [9.17, 15) is 0 Å². The van der Waals surface area contributed by atoms with Gasteiger partial charge in [-0.25, -0.2) is 0 Å². The summed E-state index contributed by atoms with van der Waals surface area (Å²) in [4.78, 5) is 0. The van der Waals surface area contributed by atoms with Gasteiger partial charge in [-0.2, -0.15) is 0 Å². The highest BCUT2D eigenvalue weighted by molar-refractivity contribution is 5.91. The third-order valence-corrected chi connectivity index (χ3v) is 2.79. The molecule has 0 aromatic heterocycles. The van der Waals surface area contributed by atoms with Gasteiger partial charge >= 0.3 is 0 Å². The summed E-state index contributed by atoms with van der Waals surface area (Å²) in [5.41, 5.74) is 12.7. The van der Waals surface area contributed by atoms with Crippen LogP contribution in [0.2, 0.25) is 0 Å². The SMILES string of the molecule is COc1ccc([C@@H](N)CN)c2ccccc12. The predicted octanol–water partition coefficient (Wildman–Crippen LogP) is 1.81. The topological polar surface area (TPSA) is 61.3 Å². The molecule has 0 aliphatic rings. The molecule has 0 heterocycles. The lowest BCUT2D eigenvalue weighted by Crippen LogP contribution is -2.20. The van der Waals surface area contributed by atoms with Crippen molar-refractivity contribution in [1.29, 1.82) is 0 Å². The maximum Gasteiger partial charge on any atom is 0.126 e. The van der Waals surface area contributed by atoms with Gasteiger partial charge in [0.25, 0.3) is 0 Å². The average molecular weight is 216 g/mol. The van der Waals surface area contributed by atoms with Crippen molar-refractivity contribution in [3.05, 3.63) is 42.0 Å². The van der Waals surface area contributed by atoms with E-state index in [1.54, 1.807) is 7.11 Å². The molecule has 3 heteroatoms. The molecule has 0 aliphatic carbocycles. The molecule has 0 bridgehead atoms. The fourth-order valence-corrected chi connectivity index (χ4v) is 1.92. The quantitative estimate of drug-likeness (QED) is 0.822. The Labute approximate surface area is 95.0 Å². The van der Waals surface area contributed by atoms with E-state index in [0.717, 1.165) is 22.1 Å². The van der Waals surface area contributed by atoms with Crippen molar-refractivity contribution in [2.45, 2.75) is 6.04 Å². The first-order valence-corrected chi connectivity index (χ1v) is 5.29. The minimum absolute atomic E-state index is 0.129. The Balaban J connectivity index is 2.69. The smallest absolute Gasteiger partial charge is 0.126 e. The molecular formula is C13H16N2O. The van der Waals surface area contributed by atoms with Crippen LogP contribution < -0.4 is 16.2 Å². The Morgan fingerprint density at radius 3 is 2.44 bits per heavy atom. The average Bonchev–Trinajstić information content (AvgIpc) is 2.36. The van der Waals surface area contributed by atoms with Gasteiger partial charge in [0.05, 0.1) is 7.11 Å². The minimum Gasteiger partial charge on any atom is -0.496 e. The second kappa shape index (κ2) is 4.51. The molecule has 16 heavy (non-hydrogen) atoms. The van der Waals surface area contributed by atoms with Crippen LogP contribution >= 0.6 is 0 Å². The van der Waals surface area contributed by atoms with Gasteiger partial charge in [-0.15, -0.1) is 0 Å². The van der Waals surface area contributed by atoms with Crippen LogP contribution in [0.4, 0.5) is 0 Å². The van der Waals surface area contributed by atoms with Crippen LogP contribution in [0.5, 0.6) is 5.75 Å². The highest BCUT2D eigenvalue weighted by atomic mass is 16.5. The van der Waals surface area contributed by atoms with E-state index in [-0.39, 0.29) is 6.04 Å². The first-order chi connectivity index (χ1) is 7.77. The summed E-state index contributed by atoms with van der Waals surface area (Å²) in [6.07, 6.45) is 0. The van der Waals surface area contributed by atoms with Crippen LogP contribution in [0.25, 0.3) is 10.8 Å². The number of benzene rings is 2. The lowest BCUT2D eigenvalue weighted by atomic mass is 9.98. The second-order valence-corrected chi connectivity index (χ2v) is 3.74. The summed E-state index contributed by atoms with van der Waals surface area (Å²) in [7, 11) is 1.67. The molecule has 0 aliphatic heterocycles. The lowest BCUT2D eigenvalue weighted by Gasteiger charge is -2.14. The molecule has 3 nitrogen and oxygen atoms in total. The molecule has 0 saturated carbocycles. The van der Waals surface area contributed by atoms with Gasteiger partial charge < -0.3 is 16.2 Å². The molecule has 2 rings (SSSR count). The Hall–Kier alpha value is -1.58. The summed E-state index contributed by atoms with van der Waals surface area (Å²) in [5, 5.41) is 2.19. The van der Waals surface area contributed by atoms with E-state index in [1.165, 1.54) is 0 Å². The van der Waals surface area contributed by atoms with E-state index in [0.29, 0.717) is 6.54 Å². The van der Waals surface area contributed by atoms with Gasteiger partial charge in [0, 0.05) is 18.0 Å². The Kier molecular flexibility index (Phi) is 3.08. The zero-order valence-electron chi connectivity index (χ0n) is 9.31. The number of rotatable bonds is 3. The number of hydrogen-bond acceptors (Lipinski definition) is 3. The van der Waals surface area contributed by atoms with Gasteiger partial charge in [-0.1, -0.05) is 30.3 Å². The molecule has 84 valence electrons. The molecule has 2 aromatic rings. The standard InChI is InChI=1S/C13H16N2O/c1-16-13-7-6-10(12(15)8-14)9-4-2-3-5-11(9)13/h2-7,12H,8,14-15H2,1H3/t12-/m0/s1. The van der Waals surface area contributed by atoms with Crippen molar-refractivity contribution in [3.8, 4) is 5.75 Å². The number of methoxy groups -OCH3 is 1. The number of fused-ring (bicyclic) bond motifs is 1. The van der Waals surface area contributed by atoms with Crippen LogP contribution in [0, 0.1) is 0 Å². The Morgan fingerprint density at radius 2 is 1.81 bits per heavy atom. The van der Waals surface area contributed by atoms with E-state index in [2.05, 4.69) is 0 Å². The summed E-state index contributed by atoms with van der Waals surface area (Å²) >= 11 is 0. The molecule has 0 spiro atoms. The molecule has 0 radical (unpaired) electrons. The van der Waals surface area contributed by atoms with Crippen molar-refractivity contribution in [2.75, 3.05) is 13.7 Å². The number of hydrogen-bond donors (Lipinski definition) is 2. The predicted molar refractivity (Wildman–Crippen MR) is 66.5 cm³/mol. The number of ether oxygens (including phenoxy) is 1.